The van der Waals surface area contributed by atoms with E-state index >= 15 is 8.78 Å². The minimum absolute atomic E-state index is 0.0300. The van der Waals surface area contributed by atoms with Gasteiger partial charge in [0.05, 0.1) is 29.3 Å². The zero-order valence-electron chi connectivity index (χ0n) is 21.9. The van der Waals surface area contributed by atoms with Gasteiger partial charge in [0.1, 0.15) is 29.8 Å². The summed E-state index contributed by atoms with van der Waals surface area (Å²) in [7, 11) is 0. The molecule has 218 valence electrons. The lowest BCUT2D eigenvalue weighted by Crippen LogP contribution is -2.21. The normalized spacial score (nSPS) is 19.5. The summed E-state index contributed by atoms with van der Waals surface area (Å²) in [6.45, 7) is 2.32. The second kappa shape index (κ2) is 10.2. The second-order valence-electron chi connectivity index (χ2n) is 10.9. The van der Waals surface area contributed by atoms with Gasteiger partial charge in [0, 0.05) is 47.9 Å². The van der Waals surface area contributed by atoms with Crippen molar-refractivity contribution in [1.82, 2.24) is 4.98 Å². The number of halogens is 6. The number of aliphatic hydroxyl groups is 1. The molecular weight excluding hydrogens is 556 g/mol. The van der Waals surface area contributed by atoms with Gasteiger partial charge in [-0.2, -0.15) is 13.2 Å². The summed E-state index contributed by atoms with van der Waals surface area (Å²) in [6.07, 6.45) is -3.03. The molecule has 2 aliphatic carbocycles. The second-order valence-corrected chi connectivity index (χ2v) is 10.9. The topological polar surface area (TPSA) is 88.9 Å². The molecule has 2 N–H and O–H groups in total. The van der Waals surface area contributed by atoms with Crippen LogP contribution < -0.4 is 9.47 Å². The van der Waals surface area contributed by atoms with Crippen molar-refractivity contribution in [3.8, 4) is 22.8 Å². The molecule has 0 aliphatic heterocycles. The van der Waals surface area contributed by atoms with Crippen molar-refractivity contribution in [3.63, 3.8) is 0 Å². The molecule has 2 aromatic carbocycles. The summed E-state index contributed by atoms with van der Waals surface area (Å²) in [6, 6.07) is 3.86. The number of carboxylic acids is 1. The third-order valence-electron chi connectivity index (χ3n) is 7.40. The molecule has 5 rings (SSSR count). The van der Waals surface area contributed by atoms with E-state index in [9.17, 15) is 32.6 Å². The number of benzene rings is 2. The Morgan fingerprint density at radius 2 is 1.71 bits per heavy atom. The molecule has 3 atom stereocenters. The number of nitrogens with zero attached hydrogens (tertiary/aromatic N) is 1. The Morgan fingerprint density at radius 3 is 2.32 bits per heavy atom. The third kappa shape index (κ3) is 5.83. The Balaban J connectivity index is 1.40. The smallest absolute Gasteiger partial charge is 0.417 e. The third-order valence-corrected chi connectivity index (χ3v) is 7.40. The first-order valence-corrected chi connectivity index (χ1v) is 12.7. The maximum Gasteiger partial charge on any atom is 0.417 e. The van der Waals surface area contributed by atoms with Gasteiger partial charge in [-0.05, 0) is 49.4 Å². The number of carboxylic acid groups (broad SMARTS) is 1. The van der Waals surface area contributed by atoms with Crippen LogP contribution in [-0.2, 0) is 24.0 Å². The highest BCUT2D eigenvalue weighted by atomic mass is 19.4. The summed E-state index contributed by atoms with van der Waals surface area (Å²) in [5, 5.41) is 19.0. The standard InChI is InChI=1S/C29H25F6NO5/c1-28(2,39)3-4-40-15-8-21(31)25(22(32)9-15)16-6-14(20(30)10-19(16)29(33,34)35)12-41-23-7-13-5-17-24(18(13)11-36-23)26(17)27(37)38/h6-11,17,24,26,39H,3-5,12H2,1-2H3,(H,37,38)/t17-,24-,26+/m1/s1. The van der Waals surface area contributed by atoms with Gasteiger partial charge in [0.25, 0.3) is 0 Å². The van der Waals surface area contributed by atoms with Crippen LogP contribution in [0.25, 0.3) is 11.1 Å². The summed E-state index contributed by atoms with van der Waals surface area (Å²) in [5.74, 6) is -5.73. The summed E-state index contributed by atoms with van der Waals surface area (Å²) >= 11 is 0. The molecule has 3 aromatic rings. The maximum absolute atomic E-state index is 15.0. The molecule has 41 heavy (non-hydrogen) atoms. The minimum Gasteiger partial charge on any atom is -0.493 e. The van der Waals surface area contributed by atoms with E-state index in [2.05, 4.69) is 4.98 Å². The molecule has 1 fully saturated rings. The summed E-state index contributed by atoms with van der Waals surface area (Å²) in [5.41, 5.74) is -3.40. The van der Waals surface area contributed by atoms with Crippen molar-refractivity contribution in [2.75, 3.05) is 6.61 Å². The average Bonchev–Trinajstić information content (AvgIpc) is 3.44. The largest absolute Gasteiger partial charge is 0.493 e. The maximum atomic E-state index is 15.0. The van der Waals surface area contributed by atoms with Crippen LogP contribution >= 0.6 is 0 Å². The Kier molecular flexibility index (Phi) is 7.17. The fourth-order valence-corrected chi connectivity index (χ4v) is 5.32. The van der Waals surface area contributed by atoms with Gasteiger partial charge in [-0.15, -0.1) is 0 Å². The van der Waals surface area contributed by atoms with Gasteiger partial charge in [0.15, 0.2) is 0 Å². The van der Waals surface area contributed by atoms with Crippen LogP contribution in [0.3, 0.4) is 0 Å². The number of hydrogen-bond donors (Lipinski definition) is 2. The monoisotopic (exact) mass is 581 g/mol. The van der Waals surface area contributed by atoms with Gasteiger partial charge in [-0.1, -0.05) is 0 Å². The molecule has 6 nitrogen and oxygen atoms in total. The summed E-state index contributed by atoms with van der Waals surface area (Å²) in [4.78, 5) is 15.4. The molecule has 1 heterocycles. The molecule has 0 radical (unpaired) electrons. The first-order valence-electron chi connectivity index (χ1n) is 12.7. The highest BCUT2D eigenvalue weighted by Crippen LogP contribution is 2.61. The van der Waals surface area contributed by atoms with E-state index in [0.717, 1.165) is 23.3 Å². The van der Waals surface area contributed by atoms with Gasteiger partial charge >= 0.3 is 12.1 Å². The Labute approximate surface area is 230 Å². The number of pyridine rings is 1. The van der Waals surface area contributed by atoms with Gasteiger partial charge in [0.2, 0.25) is 5.88 Å². The first kappa shape index (κ1) is 28.7. The number of hydrogen-bond acceptors (Lipinski definition) is 5. The molecule has 0 unspecified atom stereocenters. The van der Waals surface area contributed by atoms with Crippen LogP contribution in [0, 0.1) is 29.3 Å². The van der Waals surface area contributed by atoms with Crippen LogP contribution in [-0.4, -0.2) is 33.4 Å². The Bertz CT molecular complexity index is 1490. The van der Waals surface area contributed by atoms with E-state index in [4.69, 9.17) is 9.47 Å². The molecule has 0 saturated heterocycles. The highest BCUT2D eigenvalue weighted by Gasteiger charge is 2.60. The SMILES string of the molecule is CC(C)(O)CCOc1cc(F)c(-c2cc(COc3cc4c(cn3)[C@H]3[C@@H](C4)[C@@H]3C(=O)O)c(F)cc2C(F)(F)F)c(F)c1. The lowest BCUT2D eigenvalue weighted by molar-refractivity contribution is -0.139. The fraction of sp³-hybridized carbons (Fsp3) is 0.379. The predicted octanol–water partition coefficient (Wildman–Crippen LogP) is 6.27. The van der Waals surface area contributed by atoms with Crippen molar-refractivity contribution < 1.29 is 50.8 Å². The van der Waals surface area contributed by atoms with Gasteiger partial charge in [-0.3, -0.25) is 4.79 Å². The van der Waals surface area contributed by atoms with Crippen LogP contribution in [0.4, 0.5) is 26.3 Å². The van der Waals surface area contributed by atoms with E-state index in [-0.39, 0.29) is 42.6 Å². The van der Waals surface area contributed by atoms with Crippen molar-refractivity contribution >= 4 is 5.97 Å². The van der Waals surface area contributed by atoms with Crippen molar-refractivity contribution in [1.29, 1.82) is 0 Å². The van der Waals surface area contributed by atoms with E-state index in [1.54, 1.807) is 6.07 Å². The molecule has 1 aromatic heterocycles. The number of ether oxygens (including phenoxy) is 2. The van der Waals surface area contributed by atoms with Crippen molar-refractivity contribution in [2.24, 2.45) is 11.8 Å². The van der Waals surface area contributed by atoms with Crippen LogP contribution in [0.15, 0.2) is 36.5 Å². The van der Waals surface area contributed by atoms with Crippen LogP contribution in [0.2, 0.25) is 0 Å². The quantitative estimate of drug-likeness (QED) is 0.290. The van der Waals surface area contributed by atoms with Gasteiger partial charge in [-0.25, -0.2) is 18.2 Å². The zero-order valence-corrected chi connectivity index (χ0v) is 21.9. The number of fused-ring (bicyclic) bond motifs is 3. The minimum atomic E-state index is -5.13. The van der Waals surface area contributed by atoms with Crippen molar-refractivity contribution in [3.05, 3.63) is 76.2 Å². The first-order chi connectivity index (χ1) is 19.1. The zero-order chi connectivity index (χ0) is 29.9. The van der Waals surface area contributed by atoms with Crippen LogP contribution in [0.5, 0.6) is 11.6 Å². The molecule has 12 heteroatoms. The number of aromatic nitrogens is 1. The molecule has 0 amide bonds. The van der Waals surface area contributed by atoms with E-state index in [1.165, 1.54) is 20.0 Å². The van der Waals surface area contributed by atoms with E-state index < -0.39 is 70.0 Å². The molecule has 0 bridgehead atoms. The fourth-order valence-electron chi connectivity index (χ4n) is 5.32. The number of rotatable bonds is 9. The lowest BCUT2D eigenvalue weighted by atomic mass is 9.95. The van der Waals surface area contributed by atoms with Crippen molar-refractivity contribution in [2.45, 2.75) is 51.0 Å². The summed E-state index contributed by atoms with van der Waals surface area (Å²) < 4.78 is 97.1. The highest BCUT2D eigenvalue weighted by molar-refractivity contribution is 5.77. The van der Waals surface area contributed by atoms with Gasteiger partial charge < -0.3 is 19.7 Å². The molecule has 2 aliphatic rings. The molecule has 1 saturated carbocycles. The number of alkyl halides is 3. The number of carbonyl (C=O) groups is 1. The Hall–Kier alpha value is -3.80. The average molecular weight is 582 g/mol. The van der Waals surface area contributed by atoms with E-state index in [0.29, 0.717) is 12.5 Å². The molecular formula is C29H25F6NO5. The number of aliphatic carboxylic acids is 1. The predicted molar refractivity (Wildman–Crippen MR) is 133 cm³/mol. The van der Waals surface area contributed by atoms with E-state index in [1.807, 2.05) is 0 Å². The molecule has 0 spiro atoms. The van der Waals surface area contributed by atoms with Crippen LogP contribution in [0.1, 0.15) is 48.4 Å². The Morgan fingerprint density at radius 1 is 1.02 bits per heavy atom. The lowest BCUT2D eigenvalue weighted by Gasteiger charge is -2.19.